The van der Waals surface area contributed by atoms with E-state index in [1.807, 2.05) is 24.3 Å². The summed E-state index contributed by atoms with van der Waals surface area (Å²) in [4.78, 5) is 15.3. The second kappa shape index (κ2) is 5.41. The Morgan fingerprint density at radius 1 is 1.19 bits per heavy atom. The van der Waals surface area contributed by atoms with Crippen LogP contribution in [0.25, 0.3) is 10.2 Å². The van der Waals surface area contributed by atoms with Crippen molar-refractivity contribution in [2.45, 2.75) is 0 Å². The van der Waals surface area contributed by atoms with Crippen molar-refractivity contribution in [3.05, 3.63) is 48.0 Å². The van der Waals surface area contributed by atoms with Gasteiger partial charge in [-0.25, -0.2) is 9.78 Å². The van der Waals surface area contributed by atoms with E-state index in [0.29, 0.717) is 16.7 Å². The maximum atomic E-state index is 10.9. The van der Waals surface area contributed by atoms with Crippen LogP contribution in [0.4, 0.5) is 0 Å². The molecule has 0 aliphatic rings. The molecule has 0 bridgehead atoms. The Morgan fingerprint density at radius 2 is 2.00 bits per heavy atom. The largest absolute Gasteiger partial charge is 0.493 e. The lowest BCUT2D eigenvalue weighted by molar-refractivity contribution is 0.0696. The SMILES string of the molecule is COc1cc(C(=O)O)ccc1Oc1nc2ccccc2s1. The van der Waals surface area contributed by atoms with Crippen molar-refractivity contribution < 1.29 is 19.4 Å². The molecule has 0 saturated carbocycles. The first-order chi connectivity index (χ1) is 10.2. The maximum absolute atomic E-state index is 10.9. The predicted octanol–water partition coefficient (Wildman–Crippen LogP) is 3.80. The van der Waals surface area contributed by atoms with Crippen molar-refractivity contribution in [1.29, 1.82) is 0 Å². The molecule has 0 fully saturated rings. The van der Waals surface area contributed by atoms with Gasteiger partial charge in [-0.2, -0.15) is 0 Å². The molecule has 106 valence electrons. The fraction of sp³-hybridized carbons (Fsp3) is 0.0667. The molecule has 0 atom stereocenters. The molecule has 0 spiro atoms. The fourth-order valence-electron chi connectivity index (χ4n) is 1.87. The molecular weight excluding hydrogens is 290 g/mol. The Kier molecular flexibility index (Phi) is 3.45. The van der Waals surface area contributed by atoms with Crippen molar-refractivity contribution >= 4 is 27.5 Å². The number of benzene rings is 2. The minimum Gasteiger partial charge on any atom is -0.493 e. The third-order valence-corrected chi connectivity index (χ3v) is 3.80. The van der Waals surface area contributed by atoms with Crippen LogP contribution in [0.5, 0.6) is 16.7 Å². The summed E-state index contributed by atoms with van der Waals surface area (Å²) < 4.78 is 11.9. The zero-order chi connectivity index (χ0) is 14.8. The number of fused-ring (bicyclic) bond motifs is 1. The second-order valence-corrected chi connectivity index (χ2v) is 5.21. The average Bonchev–Trinajstić information content (AvgIpc) is 2.89. The molecule has 1 aromatic heterocycles. The number of methoxy groups -OCH3 is 1. The third-order valence-electron chi connectivity index (χ3n) is 2.88. The smallest absolute Gasteiger partial charge is 0.335 e. The number of hydrogen-bond donors (Lipinski definition) is 1. The number of hydrogen-bond acceptors (Lipinski definition) is 5. The van der Waals surface area contributed by atoms with E-state index in [1.54, 1.807) is 6.07 Å². The average molecular weight is 301 g/mol. The van der Waals surface area contributed by atoms with E-state index >= 15 is 0 Å². The molecule has 0 unspecified atom stereocenters. The molecule has 0 aliphatic carbocycles. The predicted molar refractivity (Wildman–Crippen MR) is 79.6 cm³/mol. The van der Waals surface area contributed by atoms with E-state index in [4.69, 9.17) is 14.6 Å². The van der Waals surface area contributed by atoms with Crippen LogP contribution in [0, 0.1) is 0 Å². The lowest BCUT2D eigenvalue weighted by atomic mass is 10.2. The minimum absolute atomic E-state index is 0.142. The van der Waals surface area contributed by atoms with Gasteiger partial charge in [0.15, 0.2) is 11.5 Å². The quantitative estimate of drug-likeness (QED) is 0.794. The van der Waals surface area contributed by atoms with Gasteiger partial charge in [-0.1, -0.05) is 23.5 Å². The maximum Gasteiger partial charge on any atom is 0.335 e. The van der Waals surface area contributed by atoms with Crippen molar-refractivity contribution in [2.24, 2.45) is 0 Å². The molecule has 21 heavy (non-hydrogen) atoms. The van der Waals surface area contributed by atoms with Crippen LogP contribution in [0.2, 0.25) is 0 Å². The molecule has 0 saturated heterocycles. The van der Waals surface area contributed by atoms with E-state index in [2.05, 4.69) is 4.98 Å². The minimum atomic E-state index is -1.01. The van der Waals surface area contributed by atoms with E-state index < -0.39 is 5.97 Å². The number of ether oxygens (including phenoxy) is 2. The Hall–Kier alpha value is -2.60. The van der Waals surface area contributed by atoms with Crippen LogP contribution in [-0.4, -0.2) is 23.2 Å². The Bertz CT molecular complexity index is 779. The van der Waals surface area contributed by atoms with Crippen LogP contribution in [-0.2, 0) is 0 Å². The normalized spacial score (nSPS) is 10.5. The Labute approximate surface area is 124 Å². The summed E-state index contributed by atoms with van der Waals surface area (Å²) in [6.07, 6.45) is 0. The zero-order valence-electron chi connectivity index (χ0n) is 11.1. The monoisotopic (exact) mass is 301 g/mol. The molecule has 1 heterocycles. The number of aromatic nitrogens is 1. The van der Waals surface area contributed by atoms with E-state index in [9.17, 15) is 4.79 Å². The summed E-state index contributed by atoms with van der Waals surface area (Å²) >= 11 is 1.42. The number of para-hydroxylation sites is 1. The summed E-state index contributed by atoms with van der Waals surface area (Å²) in [5.41, 5.74) is 1.00. The molecule has 0 radical (unpaired) electrons. The topological polar surface area (TPSA) is 68.7 Å². The molecule has 3 aromatic rings. The van der Waals surface area contributed by atoms with Gasteiger partial charge in [0.25, 0.3) is 5.19 Å². The number of carboxylic acids is 1. The molecule has 3 rings (SSSR count). The van der Waals surface area contributed by atoms with Crippen molar-refractivity contribution in [1.82, 2.24) is 4.98 Å². The van der Waals surface area contributed by atoms with Gasteiger partial charge in [0.05, 0.1) is 22.9 Å². The lowest BCUT2D eigenvalue weighted by Gasteiger charge is -2.08. The van der Waals surface area contributed by atoms with Crippen LogP contribution in [0.15, 0.2) is 42.5 Å². The number of carboxylic acid groups (broad SMARTS) is 1. The second-order valence-electron chi connectivity index (χ2n) is 4.22. The van der Waals surface area contributed by atoms with Crippen molar-refractivity contribution in [3.63, 3.8) is 0 Å². The highest BCUT2D eigenvalue weighted by Crippen LogP contribution is 2.36. The van der Waals surface area contributed by atoms with Gasteiger partial charge in [0.2, 0.25) is 0 Å². The summed E-state index contributed by atoms with van der Waals surface area (Å²) in [5.74, 6) is -0.226. The van der Waals surface area contributed by atoms with Gasteiger partial charge in [-0.3, -0.25) is 0 Å². The van der Waals surface area contributed by atoms with E-state index in [1.165, 1.54) is 30.6 Å². The highest BCUT2D eigenvalue weighted by Gasteiger charge is 2.12. The van der Waals surface area contributed by atoms with Crippen LogP contribution >= 0.6 is 11.3 Å². The molecular formula is C15H11NO4S. The zero-order valence-corrected chi connectivity index (χ0v) is 11.9. The molecule has 0 aliphatic heterocycles. The van der Waals surface area contributed by atoms with Crippen molar-refractivity contribution in [3.8, 4) is 16.7 Å². The van der Waals surface area contributed by atoms with E-state index in [-0.39, 0.29) is 5.56 Å². The highest BCUT2D eigenvalue weighted by molar-refractivity contribution is 7.20. The van der Waals surface area contributed by atoms with Gasteiger partial charge < -0.3 is 14.6 Å². The fourth-order valence-corrected chi connectivity index (χ4v) is 2.70. The van der Waals surface area contributed by atoms with Crippen LogP contribution < -0.4 is 9.47 Å². The first kappa shape index (κ1) is 13.4. The molecule has 2 aromatic carbocycles. The van der Waals surface area contributed by atoms with Crippen LogP contribution in [0.3, 0.4) is 0 Å². The summed E-state index contributed by atoms with van der Waals surface area (Å²) in [6, 6.07) is 12.2. The van der Waals surface area contributed by atoms with Gasteiger partial charge in [-0.05, 0) is 30.3 Å². The summed E-state index contributed by atoms with van der Waals surface area (Å²) in [7, 11) is 1.46. The number of rotatable bonds is 4. The number of carbonyl (C=O) groups is 1. The standard InChI is InChI=1S/C15H11NO4S/c1-19-12-8-9(14(17)18)6-7-11(12)20-15-16-10-4-2-3-5-13(10)21-15/h2-8H,1H3,(H,17,18). The van der Waals surface area contributed by atoms with Crippen molar-refractivity contribution in [2.75, 3.05) is 7.11 Å². The third kappa shape index (κ3) is 2.66. The van der Waals surface area contributed by atoms with Gasteiger partial charge >= 0.3 is 5.97 Å². The lowest BCUT2D eigenvalue weighted by Crippen LogP contribution is -1.98. The van der Waals surface area contributed by atoms with E-state index in [0.717, 1.165) is 10.2 Å². The molecule has 0 amide bonds. The van der Waals surface area contributed by atoms with Gasteiger partial charge in [0.1, 0.15) is 0 Å². The highest BCUT2D eigenvalue weighted by atomic mass is 32.1. The first-order valence-corrected chi connectivity index (χ1v) is 6.94. The Balaban J connectivity index is 1.95. The number of aromatic carboxylic acids is 1. The Morgan fingerprint density at radius 3 is 2.71 bits per heavy atom. The molecule has 6 heteroatoms. The molecule has 5 nitrogen and oxygen atoms in total. The number of nitrogens with zero attached hydrogens (tertiary/aromatic N) is 1. The van der Waals surface area contributed by atoms with Crippen LogP contribution in [0.1, 0.15) is 10.4 Å². The molecule has 1 N–H and O–H groups in total. The van der Waals surface area contributed by atoms with Gasteiger partial charge in [-0.15, -0.1) is 0 Å². The van der Waals surface area contributed by atoms with Gasteiger partial charge in [0, 0.05) is 0 Å². The summed E-state index contributed by atoms with van der Waals surface area (Å²) in [5, 5.41) is 9.46. The number of thiazole rings is 1. The summed E-state index contributed by atoms with van der Waals surface area (Å²) in [6.45, 7) is 0. The first-order valence-electron chi connectivity index (χ1n) is 6.12.